The van der Waals surface area contributed by atoms with Crippen molar-refractivity contribution in [1.29, 1.82) is 0 Å². The van der Waals surface area contributed by atoms with E-state index in [2.05, 4.69) is 5.32 Å². The maximum atomic E-state index is 13.8. The molecule has 0 saturated carbocycles. The Morgan fingerprint density at radius 3 is 2.75 bits per heavy atom. The number of rotatable bonds is 6. The van der Waals surface area contributed by atoms with E-state index in [0.29, 0.717) is 13.0 Å². The molecule has 0 radical (unpaired) electrons. The highest BCUT2D eigenvalue weighted by molar-refractivity contribution is 5.65. The Labute approximate surface area is 135 Å². The predicted octanol–water partition coefficient (Wildman–Crippen LogP) is 3.04. The standard InChI is InChI=1S/C14H17F4N3O3/c1-24-10-4-11(15)13(21(22)23)12(5-10)19-6-9-2-3-20(7-9)8-14(16,17)18/h4-5,9,19H,2-3,6-8H2,1H3. The summed E-state index contributed by atoms with van der Waals surface area (Å²) in [6.45, 7) is -0.230. The van der Waals surface area contributed by atoms with Crippen molar-refractivity contribution in [2.75, 3.05) is 38.6 Å². The summed E-state index contributed by atoms with van der Waals surface area (Å²) < 4.78 is 55.8. The highest BCUT2D eigenvalue weighted by Crippen LogP contribution is 2.33. The third-order valence-corrected chi connectivity index (χ3v) is 3.81. The molecule has 1 unspecified atom stereocenters. The summed E-state index contributed by atoms with van der Waals surface area (Å²) in [7, 11) is 1.30. The van der Waals surface area contributed by atoms with E-state index in [1.807, 2.05) is 0 Å². The van der Waals surface area contributed by atoms with Crippen LogP contribution in [0.4, 0.5) is 28.9 Å². The number of nitrogens with one attached hydrogen (secondary N) is 1. The average Bonchev–Trinajstić information content (AvgIpc) is 2.89. The molecule has 1 fully saturated rings. The molecule has 10 heteroatoms. The van der Waals surface area contributed by atoms with Crippen molar-refractivity contribution < 1.29 is 27.2 Å². The van der Waals surface area contributed by atoms with E-state index in [1.54, 1.807) is 0 Å². The van der Waals surface area contributed by atoms with Crippen LogP contribution in [0.3, 0.4) is 0 Å². The summed E-state index contributed by atoms with van der Waals surface area (Å²) in [4.78, 5) is 11.4. The zero-order chi connectivity index (χ0) is 17.9. The first-order valence-electron chi connectivity index (χ1n) is 7.24. The van der Waals surface area contributed by atoms with Gasteiger partial charge in [0.2, 0.25) is 5.82 Å². The number of hydrogen-bond donors (Lipinski definition) is 1. The van der Waals surface area contributed by atoms with Crippen LogP contribution < -0.4 is 10.1 Å². The monoisotopic (exact) mass is 351 g/mol. The van der Waals surface area contributed by atoms with Gasteiger partial charge in [0, 0.05) is 25.2 Å². The molecule has 1 aliphatic rings. The van der Waals surface area contributed by atoms with E-state index >= 15 is 0 Å². The smallest absolute Gasteiger partial charge is 0.401 e. The number of likely N-dealkylation sites (tertiary alicyclic amines) is 1. The van der Waals surface area contributed by atoms with Crippen molar-refractivity contribution in [1.82, 2.24) is 4.90 Å². The van der Waals surface area contributed by atoms with Crippen LogP contribution in [-0.2, 0) is 0 Å². The van der Waals surface area contributed by atoms with Crippen molar-refractivity contribution in [3.05, 3.63) is 28.1 Å². The van der Waals surface area contributed by atoms with Crippen LogP contribution >= 0.6 is 0 Å². The molecule has 1 N–H and O–H groups in total. The fourth-order valence-electron chi connectivity index (χ4n) is 2.74. The zero-order valence-electron chi connectivity index (χ0n) is 12.9. The lowest BCUT2D eigenvalue weighted by Gasteiger charge is -2.18. The molecule has 1 saturated heterocycles. The van der Waals surface area contributed by atoms with E-state index in [-0.39, 0.29) is 30.4 Å². The number of halogens is 4. The summed E-state index contributed by atoms with van der Waals surface area (Å²) in [6, 6.07) is 2.20. The highest BCUT2D eigenvalue weighted by Gasteiger charge is 2.34. The Bertz CT molecular complexity index is 610. The summed E-state index contributed by atoms with van der Waals surface area (Å²) in [5.41, 5.74) is -0.757. The van der Waals surface area contributed by atoms with E-state index < -0.39 is 29.1 Å². The van der Waals surface area contributed by atoms with E-state index in [0.717, 1.165) is 6.07 Å². The molecule has 134 valence electrons. The molecule has 6 nitrogen and oxygen atoms in total. The number of nitro benzene ring substituents is 1. The number of benzene rings is 1. The number of hydrogen-bond acceptors (Lipinski definition) is 5. The summed E-state index contributed by atoms with van der Waals surface area (Å²) in [5.74, 6) is -1.03. The maximum Gasteiger partial charge on any atom is 0.401 e. The van der Waals surface area contributed by atoms with Crippen LogP contribution in [0, 0.1) is 21.8 Å². The number of ether oxygens (including phenoxy) is 1. The van der Waals surface area contributed by atoms with Gasteiger partial charge in [-0.1, -0.05) is 0 Å². The second kappa shape index (κ2) is 7.20. The number of anilines is 1. The van der Waals surface area contributed by atoms with Crippen LogP contribution in [0.2, 0.25) is 0 Å². The van der Waals surface area contributed by atoms with Gasteiger partial charge in [0.1, 0.15) is 11.4 Å². The maximum absolute atomic E-state index is 13.8. The Morgan fingerprint density at radius 2 is 2.17 bits per heavy atom. The van der Waals surface area contributed by atoms with E-state index in [1.165, 1.54) is 18.1 Å². The number of alkyl halides is 3. The molecule has 0 aromatic heterocycles. The first-order valence-corrected chi connectivity index (χ1v) is 7.24. The van der Waals surface area contributed by atoms with Crippen molar-refractivity contribution in [3.8, 4) is 5.75 Å². The number of nitrogens with zero attached hydrogens (tertiary/aromatic N) is 2. The SMILES string of the molecule is COc1cc(F)c([N+](=O)[O-])c(NCC2CCN(CC(F)(F)F)C2)c1. The molecule has 0 bridgehead atoms. The molecule has 1 aromatic rings. The summed E-state index contributed by atoms with van der Waals surface area (Å²) in [6.07, 6.45) is -3.72. The lowest BCUT2D eigenvalue weighted by atomic mass is 10.1. The quantitative estimate of drug-likeness (QED) is 0.485. The molecule has 1 aromatic carbocycles. The van der Waals surface area contributed by atoms with Gasteiger partial charge in [0.25, 0.3) is 0 Å². The lowest BCUT2D eigenvalue weighted by Crippen LogP contribution is -2.33. The Hall–Kier alpha value is -2.10. The topological polar surface area (TPSA) is 67.6 Å². The third-order valence-electron chi connectivity index (χ3n) is 3.81. The van der Waals surface area contributed by atoms with Crippen LogP contribution in [0.15, 0.2) is 12.1 Å². The summed E-state index contributed by atoms with van der Waals surface area (Å²) >= 11 is 0. The molecule has 0 spiro atoms. The van der Waals surface area contributed by atoms with Gasteiger partial charge in [-0.15, -0.1) is 0 Å². The van der Waals surface area contributed by atoms with Crippen molar-refractivity contribution >= 4 is 11.4 Å². The molecule has 1 aliphatic heterocycles. The van der Waals surface area contributed by atoms with Gasteiger partial charge in [0.15, 0.2) is 0 Å². The van der Waals surface area contributed by atoms with Crippen LogP contribution in [0.1, 0.15) is 6.42 Å². The van der Waals surface area contributed by atoms with Gasteiger partial charge in [-0.2, -0.15) is 17.6 Å². The van der Waals surface area contributed by atoms with Gasteiger partial charge in [0.05, 0.1) is 18.6 Å². The zero-order valence-corrected chi connectivity index (χ0v) is 12.9. The van der Waals surface area contributed by atoms with Crippen LogP contribution in [0.5, 0.6) is 5.75 Å². The molecule has 1 heterocycles. The van der Waals surface area contributed by atoms with Gasteiger partial charge < -0.3 is 10.1 Å². The van der Waals surface area contributed by atoms with Gasteiger partial charge in [-0.3, -0.25) is 15.0 Å². The molecular weight excluding hydrogens is 334 g/mol. The number of nitro groups is 1. The van der Waals surface area contributed by atoms with Crippen LogP contribution in [-0.4, -0.2) is 49.3 Å². The molecule has 24 heavy (non-hydrogen) atoms. The first kappa shape index (κ1) is 18.2. The van der Waals surface area contributed by atoms with E-state index in [4.69, 9.17) is 4.74 Å². The van der Waals surface area contributed by atoms with Crippen LogP contribution in [0.25, 0.3) is 0 Å². The van der Waals surface area contributed by atoms with Crippen molar-refractivity contribution in [2.24, 2.45) is 5.92 Å². The molecular formula is C14H17F4N3O3. The normalized spacial score (nSPS) is 18.6. The third kappa shape index (κ3) is 4.70. The molecule has 0 amide bonds. The fourth-order valence-corrected chi connectivity index (χ4v) is 2.74. The molecule has 0 aliphatic carbocycles. The van der Waals surface area contributed by atoms with E-state index in [9.17, 15) is 27.7 Å². The van der Waals surface area contributed by atoms with Gasteiger partial charge in [-0.05, 0) is 18.9 Å². The molecule has 2 rings (SSSR count). The largest absolute Gasteiger partial charge is 0.497 e. The second-order valence-corrected chi connectivity index (χ2v) is 5.65. The Kier molecular flexibility index (Phi) is 5.47. The molecule has 1 atom stereocenters. The Balaban J connectivity index is 2.02. The average molecular weight is 351 g/mol. The minimum absolute atomic E-state index is 0.0499. The Morgan fingerprint density at radius 1 is 1.46 bits per heavy atom. The number of methoxy groups -OCH3 is 1. The van der Waals surface area contributed by atoms with Crippen molar-refractivity contribution in [2.45, 2.75) is 12.6 Å². The van der Waals surface area contributed by atoms with Crippen molar-refractivity contribution in [3.63, 3.8) is 0 Å². The fraction of sp³-hybridized carbons (Fsp3) is 0.571. The highest BCUT2D eigenvalue weighted by atomic mass is 19.4. The van der Waals surface area contributed by atoms with Gasteiger partial charge >= 0.3 is 11.9 Å². The second-order valence-electron chi connectivity index (χ2n) is 5.65. The summed E-state index contributed by atoms with van der Waals surface area (Å²) in [5, 5.41) is 13.8. The predicted molar refractivity (Wildman–Crippen MR) is 78.7 cm³/mol. The first-order chi connectivity index (χ1) is 11.2. The minimum Gasteiger partial charge on any atom is -0.497 e. The lowest BCUT2D eigenvalue weighted by molar-refractivity contribution is -0.386. The van der Waals surface area contributed by atoms with Gasteiger partial charge in [-0.25, -0.2) is 0 Å². The minimum atomic E-state index is -4.25.